The zero-order valence-electron chi connectivity index (χ0n) is 14.0. The van der Waals surface area contributed by atoms with Crippen LogP contribution in [0, 0.1) is 0 Å². The number of nitrogens with one attached hydrogen (secondary N) is 1. The Morgan fingerprint density at radius 3 is 1.77 bits per heavy atom. The summed E-state index contributed by atoms with van der Waals surface area (Å²) < 4.78 is 5.65. The standard InChI is InChI=1S/C21H16BrNO3/c1-26-21(25)17-8-4-15(5-9-17)14-2-6-16(7-3-14)20(24)23-19-12-10-18(22)11-13-19/h2-13H,1H3,(H,23,24). The van der Waals surface area contributed by atoms with E-state index >= 15 is 0 Å². The maximum Gasteiger partial charge on any atom is 0.337 e. The predicted octanol–water partition coefficient (Wildman–Crippen LogP) is 5.16. The fraction of sp³-hybridized carbons (Fsp3) is 0.0476. The molecule has 0 aliphatic rings. The van der Waals surface area contributed by atoms with Crippen molar-refractivity contribution in [3.63, 3.8) is 0 Å². The smallest absolute Gasteiger partial charge is 0.337 e. The number of esters is 1. The van der Waals surface area contributed by atoms with Crippen LogP contribution < -0.4 is 5.32 Å². The number of halogens is 1. The predicted molar refractivity (Wildman–Crippen MR) is 105 cm³/mol. The number of hydrogen-bond acceptors (Lipinski definition) is 3. The third-order valence-corrected chi connectivity index (χ3v) is 4.42. The lowest BCUT2D eigenvalue weighted by Crippen LogP contribution is -2.11. The monoisotopic (exact) mass is 409 g/mol. The molecular formula is C21H16BrNO3. The summed E-state index contributed by atoms with van der Waals surface area (Å²) in [7, 11) is 1.36. The molecule has 5 heteroatoms. The molecule has 0 unspecified atom stereocenters. The van der Waals surface area contributed by atoms with Gasteiger partial charge in [0.05, 0.1) is 12.7 Å². The molecule has 4 nitrogen and oxygen atoms in total. The molecule has 3 rings (SSSR count). The van der Waals surface area contributed by atoms with Gasteiger partial charge in [-0.25, -0.2) is 4.79 Å². The Hall–Kier alpha value is -2.92. The van der Waals surface area contributed by atoms with E-state index in [2.05, 4.69) is 21.2 Å². The van der Waals surface area contributed by atoms with Crippen molar-refractivity contribution in [3.8, 4) is 11.1 Å². The Bertz CT molecular complexity index is 917. The van der Waals surface area contributed by atoms with Crippen LogP contribution in [0.3, 0.4) is 0 Å². The number of hydrogen-bond donors (Lipinski definition) is 1. The van der Waals surface area contributed by atoms with Crippen LogP contribution in [0.1, 0.15) is 20.7 Å². The lowest BCUT2D eigenvalue weighted by atomic mass is 10.0. The molecule has 1 N–H and O–H groups in total. The first-order chi connectivity index (χ1) is 12.6. The van der Waals surface area contributed by atoms with E-state index in [1.165, 1.54) is 7.11 Å². The van der Waals surface area contributed by atoms with E-state index in [-0.39, 0.29) is 11.9 Å². The van der Waals surface area contributed by atoms with Gasteiger partial charge >= 0.3 is 5.97 Å². The number of carbonyl (C=O) groups is 2. The third-order valence-electron chi connectivity index (χ3n) is 3.89. The lowest BCUT2D eigenvalue weighted by molar-refractivity contribution is 0.0600. The molecular weight excluding hydrogens is 394 g/mol. The van der Waals surface area contributed by atoms with Crippen molar-refractivity contribution < 1.29 is 14.3 Å². The molecule has 0 saturated carbocycles. The average molecular weight is 410 g/mol. The Labute approximate surface area is 159 Å². The molecule has 0 spiro atoms. The molecule has 0 radical (unpaired) electrons. The third kappa shape index (κ3) is 4.18. The summed E-state index contributed by atoms with van der Waals surface area (Å²) >= 11 is 3.36. The van der Waals surface area contributed by atoms with Crippen molar-refractivity contribution in [1.29, 1.82) is 0 Å². The molecule has 0 aromatic heterocycles. The van der Waals surface area contributed by atoms with Crippen LogP contribution in [-0.4, -0.2) is 19.0 Å². The first-order valence-corrected chi connectivity index (χ1v) is 8.72. The molecule has 26 heavy (non-hydrogen) atoms. The summed E-state index contributed by atoms with van der Waals surface area (Å²) in [6.07, 6.45) is 0. The van der Waals surface area contributed by atoms with Crippen molar-refractivity contribution in [1.82, 2.24) is 0 Å². The summed E-state index contributed by atoms with van der Waals surface area (Å²) in [6.45, 7) is 0. The van der Waals surface area contributed by atoms with Gasteiger partial charge in [-0.3, -0.25) is 4.79 Å². The molecule has 0 heterocycles. The highest BCUT2D eigenvalue weighted by atomic mass is 79.9. The van der Waals surface area contributed by atoms with Gasteiger partial charge in [0.25, 0.3) is 5.91 Å². The second-order valence-corrected chi connectivity index (χ2v) is 6.52. The average Bonchev–Trinajstić information content (AvgIpc) is 2.69. The van der Waals surface area contributed by atoms with Crippen LogP contribution in [0.4, 0.5) is 5.69 Å². The van der Waals surface area contributed by atoms with E-state index in [1.807, 2.05) is 48.5 Å². The highest BCUT2D eigenvalue weighted by Crippen LogP contribution is 2.21. The van der Waals surface area contributed by atoms with Crippen LogP contribution in [-0.2, 0) is 4.74 Å². The number of amides is 1. The number of carbonyl (C=O) groups excluding carboxylic acids is 2. The molecule has 0 bridgehead atoms. The van der Waals surface area contributed by atoms with Gasteiger partial charge in [-0.1, -0.05) is 40.2 Å². The first kappa shape index (κ1) is 17.9. The minimum atomic E-state index is -0.364. The van der Waals surface area contributed by atoms with Crippen LogP contribution in [0.5, 0.6) is 0 Å². The normalized spacial score (nSPS) is 10.2. The van der Waals surface area contributed by atoms with E-state index in [9.17, 15) is 9.59 Å². The topological polar surface area (TPSA) is 55.4 Å². The number of benzene rings is 3. The van der Waals surface area contributed by atoms with Crippen molar-refractivity contribution in [2.75, 3.05) is 12.4 Å². The number of ether oxygens (including phenoxy) is 1. The Morgan fingerprint density at radius 1 is 0.769 bits per heavy atom. The Balaban J connectivity index is 1.72. The van der Waals surface area contributed by atoms with Crippen LogP contribution >= 0.6 is 15.9 Å². The first-order valence-electron chi connectivity index (χ1n) is 7.92. The molecule has 1 amide bonds. The summed E-state index contributed by atoms with van der Waals surface area (Å²) in [5.74, 6) is -0.531. The van der Waals surface area contributed by atoms with E-state index in [1.54, 1.807) is 24.3 Å². The van der Waals surface area contributed by atoms with Crippen molar-refractivity contribution in [2.24, 2.45) is 0 Å². The fourth-order valence-corrected chi connectivity index (χ4v) is 2.73. The molecule has 0 fully saturated rings. The van der Waals surface area contributed by atoms with Crippen LogP contribution in [0.15, 0.2) is 77.3 Å². The summed E-state index contributed by atoms with van der Waals surface area (Å²) in [5, 5.41) is 2.86. The molecule has 0 aliphatic carbocycles. The summed E-state index contributed by atoms with van der Waals surface area (Å²) in [5.41, 5.74) is 3.73. The fourth-order valence-electron chi connectivity index (χ4n) is 2.47. The van der Waals surface area contributed by atoms with Crippen molar-refractivity contribution in [2.45, 2.75) is 0 Å². The Morgan fingerprint density at radius 2 is 1.27 bits per heavy atom. The second-order valence-electron chi connectivity index (χ2n) is 5.61. The largest absolute Gasteiger partial charge is 0.465 e. The van der Waals surface area contributed by atoms with Gasteiger partial charge in [0, 0.05) is 15.7 Å². The summed E-state index contributed by atoms with van der Waals surface area (Å²) in [4.78, 5) is 23.8. The zero-order valence-corrected chi connectivity index (χ0v) is 15.6. The quantitative estimate of drug-likeness (QED) is 0.605. The molecule has 0 aliphatic heterocycles. The molecule has 130 valence electrons. The van der Waals surface area contributed by atoms with Gasteiger partial charge in [-0.05, 0) is 59.7 Å². The highest BCUT2D eigenvalue weighted by molar-refractivity contribution is 9.10. The molecule has 0 saturated heterocycles. The van der Waals surface area contributed by atoms with Crippen LogP contribution in [0.25, 0.3) is 11.1 Å². The number of methoxy groups -OCH3 is 1. The van der Waals surface area contributed by atoms with E-state index < -0.39 is 0 Å². The molecule has 3 aromatic carbocycles. The maximum atomic E-state index is 12.3. The van der Waals surface area contributed by atoms with Crippen molar-refractivity contribution in [3.05, 3.63) is 88.4 Å². The van der Waals surface area contributed by atoms with E-state index in [0.717, 1.165) is 21.3 Å². The Kier molecular flexibility index (Phi) is 5.49. The van der Waals surface area contributed by atoms with Gasteiger partial charge in [0.15, 0.2) is 0 Å². The SMILES string of the molecule is COC(=O)c1ccc(-c2ccc(C(=O)Nc3ccc(Br)cc3)cc2)cc1. The van der Waals surface area contributed by atoms with E-state index in [0.29, 0.717) is 11.1 Å². The summed E-state index contributed by atoms with van der Waals surface area (Å²) in [6, 6.07) is 21.9. The van der Waals surface area contributed by atoms with Gasteiger partial charge in [-0.2, -0.15) is 0 Å². The van der Waals surface area contributed by atoms with Gasteiger partial charge in [-0.15, -0.1) is 0 Å². The van der Waals surface area contributed by atoms with Crippen LogP contribution in [0.2, 0.25) is 0 Å². The molecule has 3 aromatic rings. The minimum Gasteiger partial charge on any atom is -0.465 e. The zero-order chi connectivity index (χ0) is 18.5. The van der Waals surface area contributed by atoms with Gasteiger partial charge < -0.3 is 10.1 Å². The van der Waals surface area contributed by atoms with E-state index in [4.69, 9.17) is 4.74 Å². The number of anilines is 1. The number of rotatable bonds is 4. The second kappa shape index (κ2) is 7.97. The lowest BCUT2D eigenvalue weighted by Gasteiger charge is -2.07. The van der Waals surface area contributed by atoms with Gasteiger partial charge in [0.2, 0.25) is 0 Å². The highest BCUT2D eigenvalue weighted by Gasteiger charge is 2.08. The van der Waals surface area contributed by atoms with Gasteiger partial charge in [0.1, 0.15) is 0 Å². The maximum absolute atomic E-state index is 12.3. The minimum absolute atomic E-state index is 0.167. The van der Waals surface area contributed by atoms with Crippen molar-refractivity contribution >= 4 is 33.5 Å². The molecule has 0 atom stereocenters.